The molecule has 0 spiro atoms. The highest BCUT2D eigenvalue weighted by Gasteiger charge is 2.11. The van der Waals surface area contributed by atoms with Gasteiger partial charge in [0, 0.05) is 0 Å². The lowest BCUT2D eigenvalue weighted by molar-refractivity contribution is 0.459. The van der Waals surface area contributed by atoms with E-state index in [0.717, 1.165) is 24.6 Å². The van der Waals surface area contributed by atoms with Gasteiger partial charge in [-0.05, 0) is 35.9 Å². The van der Waals surface area contributed by atoms with Crippen LogP contribution in [-0.2, 0) is 13.0 Å². The van der Waals surface area contributed by atoms with Crippen LogP contribution >= 0.6 is 11.3 Å². The lowest BCUT2D eigenvalue weighted by Gasteiger charge is -2.04. The first-order valence-electron chi connectivity index (χ1n) is 6.42. The Morgan fingerprint density at radius 2 is 2.28 bits per heavy atom. The molecule has 2 aromatic heterocycles. The van der Waals surface area contributed by atoms with E-state index >= 15 is 0 Å². The molecule has 2 heterocycles. The maximum Gasteiger partial charge on any atom is 0.208 e. The highest BCUT2D eigenvalue weighted by Crippen LogP contribution is 2.30. The largest absolute Gasteiger partial charge is 0.438 e. The quantitative estimate of drug-likeness (QED) is 0.864. The van der Waals surface area contributed by atoms with Crippen molar-refractivity contribution >= 4 is 11.3 Å². The first-order chi connectivity index (χ1) is 8.70. The molecule has 0 amide bonds. The SMILES string of the molecule is CCc1ccsc1-c1cnc(CNCC(C)C)o1. The minimum atomic E-state index is 0.642. The van der Waals surface area contributed by atoms with E-state index in [1.54, 1.807) is 11.3 Å². The number of oxazole rings is 1. The zero-order valence-corrected chi connectivity index (χ0v) is 12.0. The third-order valence-corrected chi connectivity index (χ3v) is 3.71. The Morgan fingerprint density at radius 1 is 1.44 bits per heavy atom. The lowest BCUT2D eigenvalue weighted by Crippen LogP contribution is -2.18. The highest BCUT2D eigenvalue weighted by atomic mass is 32.1. The molecule has 0 aromatic carbocycles. The topological polar surface area (TPSA) is 38.1 Å². The van der Waals surface area contributed by atoms with Gasteiger partial charge < -0.3 is 9.73 Å². The average molecular weight is 264 g/mol. The number of nitrogens with zero attached hydrogens (tertiary/aromatic N) is 1. The fraction of sp³-hybridized carbons (Fsp3) is 0.500. The fourth-order valence-corrected chi connectivity index (χ4v) is 2.74. The van der Waals surface area contributed by atoms with Gasteiger partial charge in [-0.1, -0.05) is 20.8 Å². The molecule has 98 valence electrons. The van der Waals surface area contributed by atoms with Crippen LogP contribution in [-0.4, -0.2) is 11.5 Å². The summed E-state index contributed by atoms with van der Waals surface area (Å²) in [7, 11) is 0. The van der Waals surface area contributed by atoms with Crippen LogP contribution in [0.25, 0.3) is 10.6 Å². The van der Waals surface area contributed by atoms with Crippen molar-refractivity contribution in [3.05, 3.63) is 29.1 Å². The molecule has 0 radical (unpaired) electrons. The molecule has 0 saturated carbocycles. The van der Waals surface area contributed by atoms with Crippen LogP contribution in [0.3, 0.4) is 0 Å². The first-order valence-corrected chi connectivity index (χ1v) is 7.30. The highest BCUT2D eigenvalue weighted by molar-refractivity contribution is 7.13. The van der Waals surface area contributed by atoms with Crippen LogP contribution < -0.4 is 5.32 Å². The second kappa shape index (κ2) is 6.16. The second-order valence-corrected chi connectivity index (χ2v) is 5.69. The Labute approximate surface area is 112 Å². The second-order valence-electron chi connectivity index (χ2n) is 4.77. The Kier molecular flexibility index (Phi) is 4.55. The van der Waals surface area contributed by atoms with Crippen LogP contribution in [0.5, 0.6) is 0 Å². The lowest BCUT2D eigenvalue weighted by atomic mass is 10.2. The van der Waals surface area contributed by atoms with Crippen molar-refractivity contribution in [1.82, 2.24) is 10.3 Å². The van der Waals surface area contributed by atoms with Gasteiger partial charge in [0.1, 0.15) is 0 Å². The van der Waals surface area contributed by atoms with Crippen molar-refractivity contribution in [2.75, 3.05) is 6.54 Å². The van der Waals surface area contributed by atoms with Crippen LogP contribution in [0, 0.1) is 5.92 Å². The van der Waals surface area contributed by atoms with E-state index in [0.29, 0.717) is 12.5 Å². The molecular weight excluding hydrogens is 244 g/mol. The zero-order valence-electron chi connectivity index (χ0n) is 11.2. The predicted molar refractivity (Wildman–Crippen MR) is 75.7 cm³/mol. The normalized spacial score (nSPS) is 11.3. The zero-order chi connectivity index (χ0) is 13.0. The summed E-state index contributed by atoms with van der Waals surface area (Å²) in [5.41, 5.74) is 1.33. The van der Waals surface area contributed by atoms with Crippen molar-refractivity contribution in [1.29, 1.82) is 0 Å². The number of thiophene rings is 1. The smallest absolute Gasteiger partial charge is 0.208 e. The Bertz CT molecular complexity index is 487. The van der Waals surface area contributed by atoms with Gasteiger partial charge in [-0.15, -0.1) is 11.3 Å². The molecule has 1 N–H and O–H groups in total. The molecule has 0 atom stereocenters. The van der Waals surface area contributed by atoms with Gasteiger partial charge in [0.2, 0.25) is 5.89 Å². The number of hydrogen-bond donors (Lipinski definition) is 1. The van der Waals surface area contributed by atoms with E-state index in [1.807, 2.05) is 6.20 Å². The molecule has 0 aliphatic heterocycles. The number of rotatable bonds is 6. The number of hydrogen-bond acceptors (Lipinski definition) is 4. The summed E-state index contributed by atoms with van der Waals surface area (Å²) in [6.45, 7) is 8.22. The van der Waals surface area contributed by atoms with Gasteiger partial charge in [0.15, 0.2) is 5.76 Å². The van der Waals surface area contributed by atoms with Crippen LogP contribution in [0.4, 0.5) is 0 Å². The monoisotopic (exact) mass is 264 g/mol. The summed E-state index contributed by atoms with van der Waals surface area (Å²) in [5.74, 6) is 2.30. The van der Waals surface area contributed by atoms with Crippen molar-refractivity contribution in [3.63, 3.8) is 0 Å². The summed E-state index contributed by atoms with van der Waals surface area (Å²) in [6, 6.07) is 2.15. The first kappa shape index (κ1) is 13.3. The molecule has 3 nitrogen and oxygen atoms in total. The third kappa shape index (κ3) is 3.21. The van der Waals surface area contributed by atoms with Crippen LogP contribution in [0.1, 0.15) is 32.2 Å². The summed E-state index contributed by atoms with van der Waals surface area (Å²) in [4.78, 5) is 5.53. The van der Waals surface area contributed by atoms with Crippen molar-refractivity contribution < 1.29 is 4.42 Å². The van der Waals surface area contributed by atoms with E-state index in [-0.39, 0.29) is 0 Å². The average Bonchev–Trinajstić information content (AvgIpc) is 2.95. The van der Waals surface area contributed by atoms with Gasteiger partial charge in [0.05, 0.1) is 17.6 Å². The molecule has 0 saturated heterocycles. The molecule has 2 aromatic rings. The fourth-order valence-electron chi connectivity index (χ4n) is 1.80. The Balaban J connectivity index is 2.02. The van der Waals surface area contributed by atoms with Crippen molar-refractivity contribution in [3.8, 4) is 10.6 Å². The minimum absolute atomic E-state index is 0.642. The summed E-state index contributed by atoms with van der Waals surface area (Å²) >= 11 is 1.72. The van der Waals surface area contributed by atoms with Gasteiger partial charge in [-0.2, -0.15) is 0 Å². The molecule has 18 heavy (non-hydrogen) atoms. The van der Waals surface area contributed by atoms with Gasteiger partial charge in [0.25, 0.3) is 0 Å². The molecular formula is C14H20N2OS. The Hall–Kier alpha value is -1.13. The molecule has 0 unspecified atom stereocenters. The number of aryl methyl sites for hydroxylation is 1. The molecule has 0 fully saturated rings. The van der Waals surface area contributed by atoms with Crippen LogP contribution in [0.2, 0.25) is 0 Å². The van der Waals surface area contributed by atoms with Gasteiger partial charge >= 0.3 is 0 Å². The van der Waals surface area contributed by atoms with E-state index in [1.165, 1.54) is 10.4 Å². The van der Waals surface area contributed by atoms with E-state index in [9.17, 15) is 0 Å². The molecule has 2 rings (SSSR count). The standard InChI is InChI=1S/C14H20N2OS/c1-4-11-5-6-18-14(11)12-8-16-13(17-12)9-15-7-10(2)3/h5-6,8,10,15H,4,7,9H2,1-3H3. The molecule has 0 bridgehead atoms. The van der Waals surface area contributed by atoms with Crippen LogP contribution in [0.15, 0.2) is 22.1 Å². The van der Waals surface area contributed by atoms with Crippen molar-refractivity contribution in [2.24, 2.45) is 5.92 Å². The van der Waals surface area contributed by atoms with Gasteiger partial charge in [-0.25, -0.2) is 4.98 Å². The van der Waals surface area contributed by atoms with E-state index < -0.39 is 0 Å². The summed E-state index contributed by atoms with van der Waals surface area (Å²) in [5, 5.41) is 5.44. The maximum absolute atomic E-state index is 5.79. The number of nitrogens with one attached hydrogen (secondary N) is 1. The van der Waals surface area contributed by atoms with Crippen molar-refractivity contribution in [2.45, 2.75) is 33.7 Å². The summed E-state index contributed by atoms with van der Waals surface area (Å²) in [6.07, 6.45) is 2.86. The number of aromatic nitrogens is 1. The maximum atomic E-state index is 5.79. The van der Waals surface area contributed by atoms with E-state index in [2.05, 4.69) is 42.5 Å². The Morgan fingerprint density at radius 3 is 3.00 bits per heavy atom. The predicted octanol–water partition coefficient (Wildman–Crippen LogP) is 3.71. The minimum Gasteiger partial charge on any atom is -0.438 e. The molecule has 0 aliphatic carbocycles. The summed E-state index contributed by atoms with van der Waals surface area (Å²) < 4.78 is 5.79. The molecule has 0 aliphatic rings. The van der Waals surface area contributed by atoms with E-state index in [4.69, 9.17) is 4.42 Å². The van der Waals surface area contributed by atoms with Gasteiger partial charge in [-0.3, -0.25) is 0 Å². The molecule has 4 heteroatoms. The third-order valence-electron chi connectivity index (χ3n) is 2.73.